The fourth-order valence-electron chi connectivity index (χ4n) is 2.62. The third-order valence-electron chi connectivity index (χ3n) is 3.78. The number of amides is 1. The van der Waals surface area contributed by atoms with E-state index in [4.69, 9.17) is 5.26 Å². The SMILES string of the molecule is CC1CC(C#N)(C(=O)NCc2ccc(C(F)(F)F)cc2)C1. The molecule has 0 saturated heterocycles. The molecule has 6 heteroatoms. The summed E-state index contributed by atoms with van der Waals surface area (Å²) in [5.41, 5.74) is -1.12. The van der Waals surface area contributed by atoms with Crippen LogP contribution in [0.4, 0.5) is 13.2 Å². The van der Waals surface area contributed by atoms with Gasteiger partial charge in [0, 0.05) is 6.54 Å². The molecule has 112 valence electrons. The van der Waals surface area contributed by atoms with Gasteiger partial charge in [0.15, 0.2) is 0 Å². The standard InChI is InChI=1S/C15H15F3N2O/c1-10-6-14(7-10,9-19)13(21)20-8-11-2-4-12(5-3-11)15(16,17)18/h2-5,10H,6-8H2,1H3,(H,20,21). The molecule has 2 rings (SSSR count). The number of carbonyl (C=O) groups is 1. The predicted octanol–water partition coefficient (Wildman–Crippen LogP) is 3.26. The molecule has 0 unspecified atom stereocenters. The number of benzene rings is 1. The number of nitriles is 1. The molecule has 1 aromatic carbocycles. The highest BCUT2D eigenvalue weighted by atomic mass is 19.4. The molecule has 0 aromatic heterocycles. The highest BCUT2D eigenvalue weighted by molar-refractivity contribution is 5.86. The molecule has 1 N–H and O–H groups in total. The minimum absolute atomic E-state index is 0.120. The van der Waals surface area contributed by atoms with Crippen LogP contribution in [0.5, 0.6) is 0 Å². The van der Waals surface area contributed by atoms with Gasteiger partial charge in [-0.15, -0.1) is 0 Å². The summed E-state index contributed by atoms with van der Waals surface area (Å²) < 4.78 is 37.3. The topological polar surface area (TPSA) is 52.9 Å². The lowest BCUT2D eigenvalue weighted by molar-refractivity contribution is -0.137. The summed E-state index contributed by atoms with van der Waals surface area (Å²) in [7, 11) is 0. The van der Waals surface area contributed by atoms with E-state index in [0.717, 1.165) is 12.1 Å². The van der Waals surface area contributed by atoms with E-state index in [9.17, 15) is 18.0 Å². The van der Waals surface area contributed by atoms with Crippen LogP contribution in [0.3, 0.4) is 0 Å². The summed E-state index contributed by atoms with van der Waals surface area (Å²) in [5, 5.41) is 11.7. The zero-order valence-corrected chi connectivity index (χ0v) is 11.5. The highest BCUT2D eigenvalue weighted by Gasteiger charge is 2.48. The first-order chi connectivity index (χ1) is 9.77. The quantitative estimate of drug-likeness (QED) is 0.930. The predicted molar refractivity (Wildman–Crippen MR) is 69.7 cm³/mol. The number of rotatable bonds is 3. The lowest BCUT2D eigenvalue weighted by Crippen LogP contribution is -2.47. The first kappa shape index (κ1) is 15.4. The highest BCUT2D eigenvalue weighted by Crippen LogP contribution is 2.45. The van der Waals surface area contributed by atoms with Crippen molar-refractivity contribution in [1.29, 1.82) is 5.26 Å². The van der Waals surface area contributed by atoms with Crippen LogP contribution in [-0.4, -0.2) is 5.91 Å². The van der Waals surface area contributed by atoms with Gasteiger partial charge in [-0.3, -0.25) is 4.79 Å². The Bertz CT molecular complexity index is 566. The maximum atomic E-state index is 12.4. The first-order valence-corrected chi connectivity index (χ1v) is 6.62. The van der Waals surface area contributed by atoms with E-state index in [2.05, 4.69) is 5.32 Å². The van der Waals surface area contributed by atoms with Crippen LogP contribution < -0.4 is 5.32 Å². The van der Waals surface area contributed by atoms with Crippen LogP contribution >= 0.6 is 0 Å². The summed E-state index contributed by atoms with van der Waals surface area (Å²) in [6.07, 6.45) is -3.31. The van der Waals surface area contributed by atoms with Crippen molar-refractivity contribution in [1.82, 2.24) is 5.32 Å². The zero-order valence-electron chi connectivity index (χ0n) is 11.5. The molecule has 0 bridgehead atoms. The van der Waals surface area contributed by atoms with Crippen molar-refractivity contribution in [2.24, 2.45) is 11.3 Å². The lowest BCUT2D eigenvalue weighted by atomic mass is 9.63. The van der Waals surface area contributed by atoms with Crippen LogP contribution in [0.2, 0.25) is 0 Å². The van der Waals surface area contributed by atoms with E-state index in [1.54, 1.807) is 0 Å². The Labute approximate surface area is 120 Å². The summed E-state index contributed by atoms with van der Waals surface area (Å²) in [6.45, 7) is 2.09. The van der Waals surface area contributed by atoms with E-state index in [0.29, 0.717) is 24.3 Å². The second kappa shape index (κ2) is 5.40. The number of hydrogen-bond donors (Lipinski definition) is 1. The van der Waals surface area contributed by atoms with Crippen molar-refractivity contribution in [2.75, 3.05) is 0 Å². The molecule has 21 heavy (non-hydrogen) atoms. The second-order valence-corrected chi connectivity index (χ2v) is 5.58. The number of nitrogens with zero attached hydrogens (tertiary/aromatic N) is 1. The van der Waals surface area contributed by atoms with Crippen LogP contribution in [0.1, 0.15) is 30.9 Å². The molecular weight excluding hydrogens is 281 g/mol. The van der Waals surface area contributed by atoms with Gasteiger partial charge in [0.1, 0.15) is 5.41 Å². The molecule has 3 nitrogen and oxygen atoms in total. The van der Waals surface area contributed by atoms with Gasteiger partial charge in [0.05, 0.1) is 11.6 Å². The molecule has 1 aromatic rings. The van der Waals surface area contributed by atoms with Crippen LogP contribution in [0, 0.1) is 22.7 Å². The van der Waals surface area contributed by atoms with E-state index < -0.39 is 17.2 Å². The molecule has 1 amide bonds. The number of alkyl halides is 3. The van der Waals surface area contributed by atoms with Crippen molar-refractivity contribution in [3.63, 3.8) is 0 Å². The van der Waals surface area contributed by atoms with Gasteiger partial charge in [-0.2, -0.15) is 18.4 Å². The van der Waals surface area contributed by atoms with Crippen molar-refractivity contribution in [2.45, 2.75) is 32.5 Å². The molecule has 0 aliphatic heterocycles. The first-order valence-electron chi connectivity index (χ1n) is 6.62. The Morgan fingerprint density at radius 1 is 1.38 bits per heavy atom. The monoisotopic (exact) mass is 296 g/mol. The molecule has 0 heterocycles. The summed E-state index contributed by atoms with van der Waals surface area (Å²) >= 11 is 0. The van der Waals surface area contributed by atoms with Gasteiger partial charge in [-0.1, -0.05) is 19.1 Å². The normalized spacial score (nSPS) is 24.8. The maximum absolute atomic E-state index is 12.4. The molecule has 0 radical (unpaired) electrons. The third-order valence-corrected chi connectivity index (χ3v) is 3.78. The lowest BCUT2D eigenvalue weighted by Gasteiger charge is -2.39. The Hall–Kier alpha value is -2.03. The van der Waals surface area contributed by atoms with E-state index in [-0.39, 0.29) is 12.5 Å². The van der Waals surface area contributed by atoms with Gasteiger partial charge in [-0.05, 0) is 36.5 Å². The molecule has 0 spiro atoms. The molecule has 1 aliphatic carbocycles. The second-order valence-electron chi connectivity index (χ2n) is 5.58. The van der Waals surface area contributed by atoms with Gasteiger partial charge in [-0.25, -0.2) is 0 Å². The third kappa shape index (κ3) is 3.18. The Morgan fingerprint density at radius 2 is 1.95 bits per heavy atom. The minimum atomic E-state index is -4.37. The summed E-state index contributed by atoms with van der Waals surface area (Å²) in [6, 6.07) is 6.66. The Morgan fingerprint density at radius 3 is 2.38 bits per heavy atom. The van der Waals surface area contributed by atoms with Crippen molar-refractivity contribution in [3.05, 3.63) is 35.4 Å². The van der Waals surface area contributed by atoms with Gasteiger partial charge >= 0.3 is 6.18 Å². The molecule has 0 atom stereocenters. The number of hydrogen-bond acceptors (Lipinski definition) is 2. The van der Waals surface area contributed by atoms with Crippen molar-refractivity contribution >= 4 is 5.91 Å². The average Bonchev–Trinajstić information content (AvgIpc) is 2.40. The zero-order chi connectivity index (χ0) is 15.7. The Balaban J connectivity index is 1.95. The van der Waals surface area contributed by atoms with E-state index in [1.807, 2.05) is 13.0 Å². The Kier molecular flexibility index (Phi) is 3.95. The molecule has 1 aliphatic rings. The summed E-state index contributed by atoms with van der Waals surface area (Å²) in [5.74, 6) is 0.00414. The van der Waals surface area contributed by atoms with Crippen molar-refractivity contribution in [3.8, 4) is 6.07 Å². The maximum Gasteiger partial charge on any atom is 0.416 e. The number of nitrogens with one attached hydrogen (secondary N) is 1. The largest absolute Gasteiger partial charge is 0.416 e. The number of carbonyl (C=O) groups excluding carboxylic acids is 1. The van der Waals surface area contributed by atoms with Crippen LogP contribution in [-0.2, 0) is 17.5 Å². The van der Waals surface area contributed by atoms with Crippen LogP contribution in [0.15, 0.2) is 24.3 Å². The minimum Gasteiger partial charge on any atom is -0.351 e. The number of halogens is 3. The average molecular weight is 296 g/mol. The van der Waals surface area contributed by atoms with Gasteiger partial charge < -0.3 is 5.32 Å². The van der Waals surface area contributed by atoms with E-state index in [1.165, 1.54) is 12.1 Å². The molecular formula is C15H15F3N2O. The molecule has 1 saturated carbocycles. The van der Waals surface area contributed by atoms with Crippen molar-refractivity contribution < 1.29 is 18.0 Å². The molecule has 1 fully saturated rings. The smallest absolute Gasteiger partial charge is 0.351 e. The van der Waals surface area contributed by atoms with Crippen LogP contribution in [0.25, 0.3) is 0 Å². The summed E-state index contributed by atoms with van der Waals surface area (Å²) in [4.78, 5) is 12.0. The van der Waals surface area contributed by atoms with Gasteiger partial charge in [0.2, 0.25) is 5.91 Å². The van der Waals surface area contributed by atoms with Gasteiger partial charge in [0.25, 0.3) is 0 Å². The van der Waals surface area contributed by atoms with E-state index >= 15 is 0 Å². The fourth-order valence-corrected chi connectivity index (χ4v) is 2.62. The fraction of sp³-hybridized carbons (Fsp3) is 0.467.